The Bertz CT molecular complexity index is 862. The van der Waals surface area contributed by atoms with Crippen molar-refractivity contribution < 1.29 is 4.79 Å². The minimum atomic E-state index is 0. The molecule has 4 rings (SSSR count). The van der Waals surface area contributed by atoms with Crippen molar-refractivity contribution in [3.8, 4) is 0 Å². The lowest BCUT2D eigenvalue weighted by Crippen LogP contribution is -2.37. The van der Waals surface area contributed by atoms with Gasteiger partial charge in [0, 0.05) is 38.2 Å². The van der Waals surface area contributed by atoms with Crippen molar-refractivity contribution in [1.29, 1.82) is 0 Å². The van der Waals surface area contributed by atoms with E-state index in [-0.39, 0.29) is 29.9 Å². The largest absolute Gasteiger partial charge is 0.357 e. The van der Waals surface area contributed by atoms with Crippen molar-refractivity contribution in [3.05, 3.63) is 41.5 Å². The number of amides is 1. The standard InChI is InChI=1S/C20H27N7O.HI/c1-2-21-20(23-14-18-25-24-17-5-3-12-27(17)18)22-13-15-7-9-16(10-8-15)26-11-4-6-19(26)28;/h7-10H,2-6,11-14H2,1H3,(H2,21,22,23);1H. The fourth-order valence-corrected chi connectivity index (χ4v) is 3.72. The van der Waals surface area contributed by atoms with Crippen LogP contribution < -0.4 is 15.5 Å². The van der Waals surface area contributed by atoms with Crippen LogP contribution in [0.3, 0.4) is 0 Å². The fourth-order valence-electron chi connectivity index (χ4n) is 3.72. The van der Waals surface area contributed by atoms with E-state index in [1.54, 1.807) is 0 Å². The van der Waals surface area contributed by atoms with Gasteiger partial charge in [0.15, 0.2) is 11.8 Å². The highest BCUT2D eigenvalue weighted by Crippen LogP contribution is 2.21. The lowest BCUT2D eigenvalue weighted by atomic mass is 10.2. The molecule has 0 radical (unpaired) electrons. The zero-order valence-electron chi connectivity index (χ0n) is 16.7. The van der Waals surface area contributed by atoms with Gasteiger partial charge in [-0.3, -0.25) is 4.79 Å². The van der Waals surface area contributed by atoms with E-state index in [0.29, 0.717) is 19.5 Å². The molecule has 0 saturated carbocycles. The number of hydrogen-bond acceptors (Lipinski definition) is 4. The number of aliphatic imine (C=N–C) groups is 1. The van der Waals surface area contributed by atoms with E-state index in [2.05, 4.69) is 30.4 Å². The second-order valence-corrected chi connectivity index (χ2v) is 7.15. The number of benzene rings is 1. The van der Waals surface area contributed by atoms with Gasteiger partial charge in [-0.2, -0.15) is 0 Å². The molecule has 9 heteroatoms. The van der Waals surface area contributed by atoms with Gasteiger partial charge < -0.3 is 20.1 Å². The number of aromatic nitrogens is 3. The number of rotatable bonds is 6. The number of hydrogen-bond donors (Lipinski definition) is 2. The zero-order valence-corrected chi connectivity index (χ0v) is 19.1. The normalized spacial score (nSPS) is 16.0. The van der Waals surface area contributed by atoms with Crippen molar-refractivity contribution in [2.75, 3.05) is 18.0 Å². The summed E-state index contributed by atoms with van der Waals surface area (Å²) >= 11 is 0. The number of carbonyl (C=O) groups is 1. The van der Waals surface area contributed by atoms with Gasteiger partial charge in [-0.05, 0) is 37.5 Å². The molecular weight excluding hydrogens is 481 g/mol. The minimum Gasteiger partial charge on any atom is -0.357 e. The molecule has 1 aromatic heterocycles. The summed E-state index contributed by atoms with van der Waals surface area (Å²) in [4.78, 5) is 18.4. The van der Waals surface area contributed by atoms with Crippen LogP contribution in [-0.2, 0) is 30.8 Å². The number of aryl methyl sites for hydroxylation is 1. The SMILES string of the molecule is CCNC(=NCc1ccc(N2CCCC2=O)cc1)NCc1nnc2n1CCC2.I. The van der Waals surface area contributed by atoms with Crippen LogP contribution >= 0.6 is 24.0 Å². The quantitative estimate of drug-likeness (QED) is 0.355. The number of nitrogens with zero attached hydrogens (tertiary/aromatic N) is 5. The lowest BCUT2D eigenvalue weighted by Gasteiger charge is -2.16. The maximum absolute atomic E-state index is 11.9. The van der Waals surface area contributed by atoms with Crippen molar-refractivity contribution in [2.24, 2.45) is 4.99 Å². The topological polar surface area (TPSA) is 87.4 Å². The fraction of sp³-hybridized carbons (Fsp3) is 0.500. The van der Waals surface area contributed by atoms with Gasteiger partial charge in [0.2, 0.25) is 5.91 Å². The van der Waals surface area contributed by atoms with Crippen molar-refractivity contribution >= 4 is 41.5 Å². The summed E-state index contributed by atoms with van der Waals surface area (Å²) in [7, 11) is 0. The predicted molar refractivity (Wildman–Crippen MR) is 123 cm³/mol. The first-order valence-corrected chi connectivity index (χ1v) is 10.1. The average Bonchev–Trinajstić information content (AvgIpc) is 3.42. The lowest BCUT2D eigenvalue weighted by molar-refractivity contribution is -0.117. The van der Waals surface area contributed by atoms with Crippen LogP contribution in [-0.4, -0.2) is 39.7 Å². The second kappa shape index (κ2) is 10.0. The molecule has 156 valence electrons. The molecule has 2 aromatic rings. The number of carbonyl (C=O) groups excluding carboxylic acids is 1. The Kier molecular flexibility index (Phi) is 7.45. The van der Waals surface area contributed by atoms with Gasteiger partial charge in [-0.15, -0.1) is 34.2 Å². The number of guanidine groups is 1. The highest BCUT2D eigenvalue weighted by Gasteiger charge is 2.21. The van der Waals surface area contributed by atoms with E-state index in [1.165, 1.54) is 0 Å². The molecule has 1 saturated heterocycles. The zero-order chi connectivity index (χ0) is 19.3. The number of nitrogens with one attached hydrogen (secondary N) is 2. The molecule has 29 heavy (non-hydrogen) atoms. The van der Waals surface area contributed by atoms with E-state index < -0.39 is 0 Å². The summed E-state index contributed by atoms with van der Waals surface area (Å²) in [6, 6.07) is 8.10. The Morgan fingerprint density at radius 3 is 2.62 bits per heavy atom. The summed E-state index contributed by atoms with van der Waals surface area (Å²) in [6.07, 6.45) is 3.75. The van der Waals surface area contributed by atoms with E-state index in [1.807, 2.05) is 36.1 Å². The van der Waals surface area contributed by atoms with Crippen LogP contribution in [0.25, 0.3) is 0 Å². The molecule has 0 spiro atoms. The molecule has 2 aliphatic heterocycles. The molecule has 1 fully saturated rings. The van der Waals surface area contributed by atoms with Crippen molar-refractivity contribution in [2.45, 2.75) is 52.2 Å². The molecule has 2 N–H and O–H groups in total. The molecule has 0 unspecified atom stereocenters. The smallest absolute Gasteiger partial charge is 0.227 e. The molecule has 0 aliphatic carbocycles. The van der Waals surface area contributed by atoms with Crippen LogP contribution in [0.2, 0.25) is 0 Å². The third kappa shape index (κ3) is 5.06. The number of anilines is 1. The molecule has 1 amide bonds. The first-order chi connectivity index (χ1) is 13.7. The summed E-state index contributed by atoms with van der Waals surface area (Å²) in [5.41, 5.74) is 2.08. The van der Waals surface area contributed by atoms with Gasteiger partial charge in [0.25, 0.3) is 0 Å². The minimum absolute atomic E-state index is 0. The monoisotopic (exact) mass is 509 g/mol. The number of fused-ring (bicyclic) bond motifs is 1. The van der Waals surface area contributed by atoms with Crippen LogP contribution in [0, 0.1) is 0 Å². The molecule has 0 atom stereocenters. The maximum Gasteiger partial charge on any atom is 0.227 e. The van der Waals surface area contributed by atoms with Crippen LogP contribution in [0.15, 0.2) is 29.3 Å². The molecule has 8 nitrogen and oxygen atoms in total. The maximum atomic E-state index is 11.9. The van der Waals surface area contributed by atoms with E-state index in [9.17, 15) is 4.79 Å². The highest BCUT2D eigenvalue weighted by molar-refractivity contribution is 14.0. The Morgan fingerprint density at radius 1 is 1.10 bits per heavy atom. The molecule has 0 bridgehead atoms. The molecule has 3 heterocycles. The summed E-state index contributed by atoms with van der Waals surface area (Å²) < 4.78 is 2.19. The highest BCUT2D eigenvalue weighted by atomic mass is 127. The Balaban J connectivity index is 0.00000240. The van der Waals surface area contributed by atoms with Crippen LogP contribution in [0.5, 0.6) is 0 Å². The first-order valence-electron chi connectivity index (χ1n) is 10.1. The third-order valence-corrected chi connectivity index (χ3v) is 5.19. The van der Waals surface area contributed by atoms with Crippen LogP contribution in [0.4, 0.5) is 5.69 Å². The Labute approximate surface area is 188 Å². The average molecular weight is 509 g/mol. The van der Waals surface area contributed by atoms with E-state index >= 15 is 0 Å². The molecule has 1 aromatic carbocycles. The predicted octanol–water partition coefficient (Wildman–Crippen LogP) is 2.22. The number of halogens is 1. The van der Waals surface area contributed by atoms with E-state index in [4.69, 9.17) is 0 Å². The van der Waals surface area contributed by atoms with Crippen molar-refractivity contribution in [1.82, 2.24) is 25.4 Å². The van der Waals surface area contributed by atoms with Gasteiger partial charge in [-0.1, -0.05) is 12.1 Å². The first kappa shape index (κ1) is 21.5. The molecule has 2 aliphatic rings. The Hall–Kier alpha value is -2.17. The molecular formula is C20H28IN7O. The van der Waals surface area contributed by atoms with Gasteiger partial charge in [0.1, 0.15) is 5.82 Å². The van der Waals surface area contributed by atoms with Crippen LogP contribution in [0.1, 0.15) is 43.4 Å². The van der Waals surface area contributed by atoms with Gasteiger partial charge in [-0.25, -0.2) is 4.99 Å². The third-order valence-electron chi connectivity index (χ3n) is 5.19. The van der Waals surface area contributed by atoms with E-state index in [0.717, 1.165) is 67.8 Å². The van der Waals surface area contributed by atoms with Crippen molar-refractivity contribution in [3.63, 3.8) is 0 Å². The summed E-state index contributed by atoms with van der Waals surface area (Å²) in [5, 5.41) is 15.1. The van der Waals surface area contributed by atoms with Gasteiger partial charge in [0.05, 0.1) is 13.1 Å². The summed E-state index contributed by atoms with van der Waals surface area (Å²) in [5.74, 6) is 3.01. The Morgan fingerprint density at radius 2 is 1.90 bits per heavy atom. The van der Waals surface area contributed by atoms with Gasteiger partial charge >= 0.3 is 0 Å². The summed E-state index contributed by atoms with van der Waals surface area (Å²) in [6.45, 7) is 5.83. The second-order valence-electron chi connectivity index (χ2n) is 7.15.